The summed E-state index contributed by atoms with van der Waals surface area (Å²) in [4.78, 5) is 0. The maximum atomic E-state index is 9.47. The highest BCUT2D eigenvalue weighted by atomic mass is 32.2. The van der Waals surface area contributed by atoms with Crippen LogP contribution < -0.4 is 5.73 Å². The van der Waals surface area contributed by atoms with E-state index < -0.39 is 0 Å². The number of aliphatic hydroxyl groups excluding tert-OH is 1. The monoisotopic (exact) mass is 333 g/mol. The number of aryl methyl sites for hydroxylation is 1. The van der Waals surface area contributed by atoms with E-state index in [9.17, 15) is 5.11 Å². The Balaban J connectivity index is 1.63. The zero-order valence-electron chi connectivity index (χ0n) is 14.4. The minimum Gasteiger partial charge on any atom is -0.394 e. The number of rotatable bonds is 6. The first kappa shape index (κ1) is 17.3. The summed E-state index contributed by atoms with van der Waals surface area (Å²) < 4.78 is 0. The van der Waals surface area contributed by atoms with Gasteiger partial charge in [-0.3, -0.25) is 0 Å². The minimum absolute atomic E-state index is 0.117. The van der Waals surface area contributed by atoms with Gasteiger partial charge in [-0.1, -0.05) is 25.1 Å². The van der Waals surface area contributed by atoms with Crippen LogP contribution >= 0.6 is 11.8 Å². The Morgan fingerprint density at radius 2 is 2.17 bits per heavy atom. The lowest BCUT2D eigenvalue weighted by molar-refractivity contribution is 0.198. The molecule has 1 fully saturated rings. The minimum atomic E-state index is -0.345. The van der Waals surface area contributed by atoms with Crippen LogP contribution in [0.1, 0.15) is 61.6 Å². The van der Waals surface area contributed by atoms with Crippen molar-refractivity contribution in [1.82, 2.24) is 0 Å². The molecular formula is C20H31NOS. The second-order valence-corrected chi connectivity index (χ2v) is 8.82. The van der Waals surface area contributed by atoms with Gasteiger partial charge in [0.15, 0.2) is 0 Å². The van der Waals surface area contributed by atoms with E-state index in [-0.39, 0.29) is 12.1 Å². The van der Waals surface area contributed by atoms with Gasteiger partial charge >= 0.3 is 0 Å². The molecule has 1 aromatic carbocycles. The third-order valence-electron chi connectivity index (χ3n) is 5.69. The Morgan fingerprint density at radius 1 is 1.30 bits per heavy atom. The predicted molar refractivity (Wildman–Crippen MR) is 100 cm³/mol. The molecule has 0 aromatic heterocycles. The maximum absolute atomic E-state index is 9.47. The van der Waals surface area contributed by atoms with Gasteiger partial charge in [-0.05, 0) is 85.0 Å². The van der Waals surface area contributed by atoms with E-state index in [0.717, 1.165) is 25.2 Å². The molecule has 0 unspecified atom stereocenters. The SMILES string of the molecule is CCCSC[C@@H]1CCc2cc([C@H]3CC[C@](N)(CO)C3)ccc2C1. The van der Waals surface area contributed by atoms with Crippen LogP contribution in [0.3, 0.4) is 0 Å². The predicted octanol–water partition coefficient (Wildman–Crippen LogP) is 3.89. The fourth-order valence-corrected chi connectivity index (χ4v) is 5.30. The number of nitrogens with two attached hydrogens (primary N) is 1. The van der Waals surface area contributed by atoms with E-state index in [1.165, 1.54) is 42.8 Å². The molecule has 3 rings (SSSR count). The number of thioether (sulfide) groups is 1. The van der Waals surface area contributed by atoms with Crippen LogP contribution in [-0.2, 0) is 12.8 Å². The second kappa shape index (κ2) is 7.58. The van der Waals surface area contributed by atoms with E-state index in [4.69, 9.17) is 5.73 Å². The standard InChI is InChI=1S/C20H31NOS/c1-2-9-23-13-15-3-4-17-11-18(6-5-16(17)10-15)19-7-8-20(21,12-19)14-22/h5-6,11,15,19,22H,2-4,7-10,12-14,21H2,1H3/t15-,19+,20-/m1/s1. The highest BCUT2D eigenvalue weighted by Gasteiger charge is 2.36. The molecule has 2 aliphatic carbocycles. The Morgan fingerprint density at radius 3 is 2.91 bits per heavy atom. The molecule has 2 nitrogen and oxygen atoms in total. The largest absolute Gasteiger partial charge is 0.394 e. The van der Waals surface area contributed by atoms with Gasteiger partial charge in [-0.25, -0.2) is 0 Å². The molecule has 0 spiro atoms. The van der Waals surface area contributed by atoms with Crippen molar-refractivity contribution in [3.8, 4) is 0 Å². The van der Waals surface area contributed by atoms with Crippen LogP contribution in [0.25, 0.3) is 0 Å². The van der Waals surface area contributed by atoms with E-state index in [1.54, 1.807) is 11.1 Å². The Kier molecular flexibility index (Phi) is 5.71. The summed E-state index contributed by atoms with van der Waals surface area (Å²) in [5.74, 6) is 4.03. The van der Waals surface area contributed by atoms with Crippen molar-refractivity contribution >= 4 is 11.8 Å². The van der Waals surface area contributed by atoms with Gasteiger partial charge in [0.2, 0.25) is 0 Å². The zero-order valence-corrected chi connectivity index (χ0v) is 15.2. The lowest BCUT2D eigenvalue weighted by Crippen LogP contribution is -2.40. The van der Waals surface area contributed by atoms with Crippen molar-refractivity contribution in [3.05, 3.63) is 34.9 Å². The first-order valence-electron chi connectivity index (χ1n) is 9.23. The third kappa shape index (κ3) is 4.12. The average molecular weight is 334 g/mol. The van der Waals surface area contributed by atoms with Gasteiger partial charge in [-0.15, -0.1) is 0 Å². The lowest BCUT2D eigenvalue weighted by atomic mass is 9.82. The summed E-state index contributed by atoms with van der Waals surface area (Å²) in [6, 6.07) is 7.14. The molecule has 2 aliphatic rings. The molecule has 1 saturated carbocycles. The summed E-state index contributed by atoms with van der Waals surface area (Å²) in [5, 5.41) is 9.47. The van der Waals surface area contributed by atoms with E-state index in [1.807, 2.05) is 0 Å². The van der Waals surface area contributed by atoms with Gasteiger partial charge in [0.05, 0.1) is 6.61 Å². The normalized spacial score (nSPS) is 30.4. The molecular weight excluding hydrogens is 302 g/mol. The lowest BCUT2D eigenvalue weighted by Gasteiger charge is -2.26. The molecule has 23 heavy (non-hydrogen) atoms. The fraction of sp³-hybridized carbons (Fsp3) is 0.700. The van der Waals surface area contributed by atoms with Crippen molar-refractivity contribution < 1.29 is 5.11 Å². The molecule has 128 valence electrons. The molecule has 0 amide bonds. The van der Waals surface area contributed by atoms with E-state index in [2.05, 4.69) is 36.9 Å². The first-order valence-corrected chi connectivity index (χ1v) is 10.4. The van der Waals surface area contributed by atoms with Crippen LogP contribution in [0.4, 0.5) is 0 Å². The number of hydrogen-bond donors (Lipinski definition) is 2. The van der Waals surface area contributed by atoms with Crippen LogP contribution in [-0.4, -0.2) is 28.8 Å². The maximum Gasteiger partial charge on any atom is 0.0611 e. The molecule has 0 heterocycles. The average Bonchev–Trinajstić information content (AvgIpc) is 2.98. The van der Waals surface area contributed by atoms with Gasteiger partial charge < -0.3 is 10.8 Å². The molecule has 3 N–H and O–H groups in total. The van der Waals surface area contributed by atoms with Crippen molar-refractivity contribution in [3.63, 3.8) is 0 Å². The number of hydrogen-bond acceptors (Lipinski definition) is 3. The molecule has 1 aromatic rings. The molecule has 0 bridgehead atoms. The van der Waals surface area contributed by atoms with Crippen molar-refractivity contribution in [1.29, 1.82) is 0 Å². The fourth-order valence-electron chi connectivity index (χ4n) is 4.23. The molecule has 3 heteroatoms. The van der Waals surface area contributed by atoms with Gasteiger partial charge in [0.25, 0.3) is 0 Å². The van der Waals surface area contributed by atoms with Gasteiger partial charge in [-0.2, -0.15) is 11.8 Å². The van der Waals surface area contributed by atoms with Gasteiger partial charge in [0, 0.05) is 5.54 Å². The molecule has 0 aliphatic heterocycles. The number of benzene rings is 1. The van der Waals surface area contributed by atoms with Crippen molar-refractivity contribution in [2.75, 3.05) is 18.1 Å². The topological polar surface area (TPSA) is 46.2 Å². The summed E-state index contributed by atoms with van der Waals surface area (Å²) in [5.41, 5.74) is 10.5. The van der Waals surface area contributed by atoms with Crippen molar-refractivity contribution in [2.24, 2.45) is 11.7 Å². The van der Waals surface area contributed by atoms with E-state index in [0.29, 0.717) is 5.92 Å². The van der Waals surface area contributed by atoms with Crippen molar-refractivity contribution in [2.45, 2.75) is 63.3 Å². The van der Waals surface area contributed by atoms with Crippen LogP contribution in [0.2, 0.25) is 0 Å². The Labute approximate surface area is 145 Å². The first-order chi connectivity index (χ1) is 11.1. The Bertz CT molecular complexity index is 532. The number of aliphatic hydroxyl groups is 1. The Hall–Kier alpha value is -0.510. The van der Waals surface area contributed by atoms with Crippen LogP contribution in [0, 0.1) is 5.92 Å². The summed E-state index contributed by atoms with van der Waals surface area (Å²) >= 11 is 2.12. The summed E-state index contributed by atoms with van der Waals surface area (Å²) in [7, 11) is 0. The third-order valence-corrected chi connectivity index (χ3v) is 7.10. The zero-order chi connectivity index (χ0) is 16.3. The molecule has 3 atom stereocenters. The van der Waals surface area contributed by atoms with Crippen LogP contribution in [0.15, 0.2) is 18.2 Å². The second-order valence-electron chi connectivity index (χ2n) is 7.67. The highest BCUT2D eigenvalue weighted by Crippen LogP contribution is 2.40. The smallest absolute Gasteiger partial charge is 0.0611 e. The molecule has 0 saturated heterocycles. The van der Waals surface area contributed by atoms with E-state index >= 15 is 0 Å². The van der Waals surface area contributed by atoms with Crippen LogP contribution in [0.5, 0.6) is 0 Å². The summed E-state index contributed by atoms with van der Waals surface area (Å²) in [6.07, 6.45) is 8.12. The summed E-state index contributed by atoms with van der Waals surface area (Å²) in [6.45, 7) is 2.38. The molecule has 0 radical (unpaired) electrons. The van der Waals surface area contributed by atoms with Gasteiger partial charge in [0.1, 0.15) is 0 Å². The quantitative estimate of drug-likeness (QED) is 0.776. The number of fused-ring (bicyclic) bond motifs is 1. The highest BCUT2D eigenvalue weighted by molar-refractivity contribution is 7.99.